The van der Waals surface area contributed by atoms with E-state index in [9.17, 15) is 23.3 Å². The summed E-state index contributed by atoms with van der Waals surface area (Å²) < 4.78 is 39.4. The molecule has 0 saturated heterocycles. The van der Waals surface area contributed by atoms with E-state index in [-0.39, 0.29) is 16.3 Å². The Morgan fingerprint density at radius 3 is 2.47 bits per heavy atom. The maximum absolute atomic E-state index is 12.8. The molecular formula is C9H4Cl2F3N3O2. The molecule has 0 amide bonds. The standard InChI is InChI=1S/C9H4Cl2F3N3O2/c1-16-6-4(15-8(16)11)2-3(9(12,13)14)5(10)7(6)17(18)19/h2H,1H3. The first-order valence-corrected chi connectivity index (χ1v) is 5.46. The number of aryl methyl sites for hydroxylation is 1. The number of imidazole rings is 1. The van der Waals surface area contributed by atoms with Crippen LogP contribution in [0.25, 0.3) is 11.0 Å². The van der Waals surface area contributed by atoms with E-state index in [4.69, 9.17) is 23.2 Å². The third-order valence-electron chi connectivity index (χ3n) is 2.51. The molecule has 1 aromatic carbocycles. The number of fused-ring (bicyclic) bond motifs is 1. The van der Waals surface area contributed by atoms with Crippen LogP contribution in [0.5, 0.6) is 0 Å². The molecule has 10 heteroatoms. The van der Waals surface area contributed by atoms with Gasteiger partial charge in [0.15, 0.2) is 0 Å². The fraction of sp³-hybridized carbons (Fsp3) is 0.222. The van der Waals surface area contributed by atoms with Crippen LogP contribution in [-0.4, -0.2) is 14.5 Å². The second kappa shape index (κ2) is 4.24. The van der Waals surface area contributed by atoms with E-state index in [1.54, 1.807) is 0 Å². The van der Waals surface area contributed by atoms with Crippen LogP contribution in [0.1, 0.15) is 5.56 Å². The first-order valence-electron chi connectivity index (χ1n) is 4.70. The molecule has 2 aromatic rings. The van der Waals surface area contributed by atoms with Gasteiger partial charge < -0.3 is 4.57 Å². The average molecular weight is 314 g/mol. The highest BCUT2D eigenvalue weighted by atomic mass is 35.5. The largest absolute Gasteiger partial charge is 0.418 e. The zero-order valence-electron chi connectivity index (χ0n) is 9.13. The molecule has 0 unspecified atom stereocenters. The lowest BCUT2D eigenvalue weighted by Crippen LogP contribution is -2.08. The van der Waals surface area contributed by atoms with E-state index < -0.39 is 27.4 Å². The van der Waals surface area contributed by atoms with Crippen LogP contribution in [0.15, 0.2) is 6.07 Å². The zero-order valence-corrected chi connectivity index (χ0v) is 10.6. The Morgan fingerprint density at radius 2 is 2.00 bits per heavy atom. The third kappa shape index (κ3) is 2.10. The first-order chi connectivity index (χ1) is 8.64. The molecule has 0 bridgehead atoms. The van der Waals surface area contributed by atoms with Gasteiger partial charge in [0.2, 0.25) is 5.28 Å². The van der Waals surface area contributed by atoms with Crippen molar-refractivity contribution in [1.82, 2.24) is 9.55 Å². The summed E-state index contributed by atoms with van der Waals surface area (Å²) in [7, 11) is 1.34. The molecule has 0 spiro atoms. The minimum Gasteiger partial charge on any atom is -0.312 e. The van der Waals surface area contributed by atoms with Gasteiger partial charge in [0.25, 0.3) is 0 Å². The summed E-state index contributed by atoms with van der Waals surface area (Å²) in [5, 5.41) is 9.79. The lowest BCUT2D eigenvalue weighted by molar-refractivity contribution is -0.383. The summed E-state index contributed by atoms with van der Waals surface area (Å²) in [6, 6.07) is 0.635. The van der Waals surface area contributed by atoms with E-state index in [0.29, 0.717) is 6.07 Å². The Kier molecular flexibility index (Phi) is 3.10. The van der Waals surface area contributed by atoms with Gasteiger partial charge in [-0.2, -0.15) is 13.2 Å². The Balaban J connectivity index is 3.00. The van der Waals surface area contributed by atoms with Crippen molar-refractivity contribution in [3.05, 3.63) is 32.1 Å². The zero-order chi connectivity index (χ0) is 14.5. The molecule has 0 aliphatic heterocycles. The van der Waals surface area contributed by atoms with E-state index in [1.165, 1.54) is 7.05 Å². The number of alkyl halides is 3. The molecule has 2 rings (SSSR count). The first kappa shape index (κ1) is 13.9. The number of hydrogen-bond acceptors (Lipinski definition) is 3. The van der Waals surface area contributed by atoms with Gasteiger partial charge in [0, 0.05) is 7.05 Å². The number of benzene rings is 1. The summed E-state index contributed by atoms with van der Waals surface area (Å²) in [5.41, 5.74) is -2.58. The number of nitro groups is 1. The van der Waals surface area contributed by atoms with Crippen LogP contribution in [0.4, 0.5) is 18.9 Å². The summed E-state index contributed by atoms with van der Waals surface area (Å²) in [5.74, 6) is 0. The number of halogens is 5. The van der Waals surface area contributed by atoms with E-state index in [0.717, 1.165) is 4.57 Å². The molecule has 0 aliphatic rings. The fourth-order valence-corrected chi connectivity index (χ4v) is 2.17. The SMILES string of the molecule is Cn1c(Cl)nc2cc(C(F)(F)F)c(Cl)c([N+](=O)[O-])c21. The Bertz CT molecular complexity index is 696. The van der Waals surface area contributed by atoms with Crippen LogP contribution in [0, 0.1) is 10.1 Å². The Morgan fingerprint density at radius 1 is 1.42 bits per heavy atom. The van der Waals surface area contributed by atoms with Crippen molar-refractivity contribution >= 4 is 39.9 Å². The van der Waals surface area contributed by atoms with Gasteiger partial charge in [-0.15, -0.1) is 0 Å². The summed E-state index contributed by atoms with van der Waals surface area (Å²) in [4.78, 5) is 13.6. The lowest BCUT2D eigenvalue weighted by Gasteiger charge is -2.09. The Labute approximate surface area is 113 Å². The van der Waals surface area contributed by atoms with Gasteiger partial charge >= 0.3 is 11.9 Å². The van der Waals surface area contributed by atoms with Crippen LogP contribution in [0.2, 0.25) is 10.3 Å². The predicted molar refractivity (Wildman–Crippen MR) is 62.4 cm³/mol. The molecule has 0 N–H and O–H groups in total. The van der Waals surface area contributed by atoms with Crippen molar-refractivity contribution in [1.29, 1.82) is 0 Å². The van der Waals surface area contributed by atoms with Crippen molar-refractivity contribution < 1.29 is 18.1 Å². The highest BCUT2D eigenvalue weighted by Crippen LogP contribution is 2.43. The van der Waals surface area contributed by atoms with Gasteiger partial charge in [0.1, 0.15) is 10.5 Å². The van der Waals surface area contributed by atoms with E-state index in [2.05, 4.69) is 4.98 Å². The van der Waals surface area contributed by atoms with Crippen molar-refractivity contribution in [2.45, 2.75) is 6.18 Å². The fourth-order valence-electron chi connectivity index (χ4n) is 1.68. The second-order valence-electron chi connectivity index (χ2n) is 3.65. The average Bonchev–Trinajstić information content (AvgIpc) is 2.53. The number of nitro benzene ring substituents is 1. The summed E-state index contributed by atoms with van der Waals surface area (Å²) >= 11 is 11.2. The van der Waals surface area contributed by atoms with Crippen molar-refractivity contribution in [2.24, 2.45) is 7.05 Å². The minimum absolute atomic E-state index is 0.159. The van der Waals surface area contributed by atoms with Gasteiger partial charge in [-0.25, -0.2) is 4.98 Å². The predicted octanol–water partition coefficient (Wildman–Crippen LogP) is 3.81. The number of nitrogens with zero attached hydrogens (tertiary/aromatic N) is 3. The molecular weight excluding hydrogens is 310 g/mol. The van der Waals surface area contributed by atoms with E-state index in [1.807, 2.05) is 0 Å². The van der Waals surface area contributed by atoms with Crippen LogP contribution in [-0.2, 0) is 13.2 Å². The quantitative estimate of drug-likeness (QED) is 0.594. The van der Waals surface area contributed by atoms with Gasteiger partial charge in [0.05, 0.1) is 16.0 Å². The van der Waals surface area contributed by atoms with Crippen LogP contribution < -0.4 is 0 Å². The third-order valence-corrected chi connectivity index (χ3v) is 3.23. The topological polar surface area (TPSA) is 61.0 Å². The number of aromatic nitrogens is 2. The van der Waals surface area contributed by atoms with Crippen LogP contribution >= 0.6 is 23.2 Å². The second-order valence-corrected chi connectivity index (χ2v) is 4.37. The van der Waals surface area contributed by atoms with E-state index >= 15 is 0 Å². The maximum Gasteiger partial charge on any atom is 0.418 e. The highest BCUT2D eigenvalue weighted by Gasteiger charge is 2.39. The molecule has 102 valence electrons. The molecule has 0 aliphatic carbocycles. The van der Waals surface area contributed by atoms with Gasteiger partial charge in [-0.1, -0.05) is 11.6 Å². The molecule has 0 saturated carbocycles. The molecule has 19 heavy (non-hydrogen) atoms. The molecule has 0 radical (unpaired) electrons. The van der Waals surface area contributed by atoms with Gasteiger partial charge in [-0.3, -0.25) is 10.1 Å². The molecule has 5 nitrogen and oxygen atoms in total. The lowest BCUT2D eigenvalue weighted by atomic mass is 10.1. The monoisotopic (exact) mass is 313 g/mol. The number of hydrogen-bond donors (Lipinski definition) is 0. The minimum atomic E-state index is -4.82. The normalized spacial score (nSPS) is 12.1. The smallest absolute Gasteiger partial charge is 0.312 e. The van der Waals surface area contributed by atoms with Gasteiger partial charge in [-0.05, 0) is 17.7 Å². The molecule has 0 atom stereocenters. The number of rotatable bonds is 1. The Hall–Kier alpha value is -1.54. The van der Waals surface area contributed by atoms with Crippen molar-refractivity contribution in [3.63, 3.8) is 0 Å². The summed E-state index contributed by atoms with van der Waals surface area (Å²) in [6.45, 7) is 0. The molecule has 1 aromatic heterocycles. The van der Waals surface area contributed by atoms with Crippen molar-refractivity contribution in [2.75, 3.05) is 0 Å². The summed E-state index contributed by atoms with van der Waals surface area (Å²) in [6.07, 6.45) is -4.82. The molecule has 0 fully saturated rings. The van der Waals surface area contributed by atoms with Crippen LogP contribution in [0.3, 0.4) is 0 Å². The maximum atomic E-state index is 12.8. The molecule has 1 heterocycles. The van der Waals surface area contributed by atoms with Crippen molar-refractivity contribution in [3.8, 4) is 0 Å². The highest BCUT2D eigenvalue weighted by molar-refractivity contribution is 6.35.